The van der Waals surface area contributed by atoms with Crippen molar-refractivity contribution in [2.45, 2.75) is 25.9 Å². The SMILES string of the molecule is CC(C)(N)c1nc2ccccc2n1Cc1ccc(Cl)cc1. The van der Waals surface area contributed by atoms with E-state index in [4.69, 9.17) is 22.3 Å². The largest absolute Gasteiger partial charge is 0.322 e. The van der Waals surface area contributed by atoms with Gasteiger partial charge < -0.3 is 10.3 Å². The van der Waals surface area contributed by atoms with Crippen molar-refractivity contribution in [3.05, 3.63) is 64.9 Å². The monoisotopic (exact) mass is 299 g/mol. The van der Waals surface area contributed by atoms with E-state index in [0.717, 1.165) is 28.4 Å². The van der Waals surface area contributed by atoms with Gasteiger partial charge in [0, 0.05) is 11.6 Å². The minimum atomic E-state index is -0.495. The summed E-state index contributed by atoms with van der Waals surface area (Å²) >= 11 is 5.95. The number of rotatable bonds is 3. The number of fused-ring (bicyclic) bond motifs is 1. The first-order valence-electron chi connectivity index (χ1n) is 6.94. The van der Waals surface area contributed by atoms with Crippen LogP contribution in [0.4, 0.5) is 0 Å². The maximum atomic E-state index is 6.29. The molecular formula is C17H18ClN3. The van der Waals surface area contributed by atoms with Gasteiger partial charge in [0.2, 0.25) is 0 Å². The number of nitrogens with two attached hydrogens (primary N) is 1. The molecule has 0 amide bonds. The van der Waals surface area contributed by atoms with E-state index in [9.17, 15) is 0 Å². The molecule has 0 aliphatic rings. The summed E-state index contributed by atoms with van der Waals surface area (Å²) in [5.41, 5.74) is 9.04. The highest BCUT2D eigenvalue weighted by Gasteiger charge is 2.23. The molecule has 3 nitrogen and oxygen atoms in total. The molecule has 0 aliphatic carbocycles. The third-order valence-electron chi connectivity index (χ3n) is 3.48. The number of imidazole rings is 1. The molecule has 4 heteroatoms. The molecule has 0 fully saturated rings. The van der Waals surface area contributed by atoms with Crippen LogP contribution in [0.1, 0.15) is 25.2 Å². The van der Waals surface area contributed by atoms with Gasteiger partial charge in [0.15, 0.2) is 0 Å². The van der Waals surface area contributed by atoms with E-state index in [-0.39, 0.29) is 0 Å². The smallest absolute Gasteiger partial charge is 0.129 e. The lowest BCUT2D eigenvalue weighted by atomic mass is 10.1. The molecular weight excluding hydrogens is 282 g/mol. The Bertz CT molecular complexity index is 767. The number of benzene rings is 2. The second-order valence-electron chi connectivity index (χ2n) is 5.86. The molecule has 108 valence electrons. The number of nitrogens with zero attached hydrogens (tertiary/aromatic N) is 2. The Morgan fingerprint density at radius 2 is 1.76 bits per heavy atom. The molecule has 0 saturated carbocycles. The summed E-state index contributed by atoms with van der Waals surface area (Å²) in [6.45, 7) is 4.69. The summed E-state index contributed by atoms with van der Waals surface area (Å²) in [6, 6.07) is 16.0. The Kier molecular flexibility index (Phi) is 3.47. The van der Waals surface area contributed by atoms with Gasteiger partial charge in [-0.2, -0.15) is 0 Å². The molecule has 0 unspecified atom stereocenters. The molecule has 2 aromatic carbocycles. The third-order valence-corrected chi connectivity index (χ3v) is 3.74. The molecule has 1 aromatic heterocycles. The second-order valence-corrected chi connectivity index (χ2v) is 6.29. The summed E-state index contributed by atoms with van der Waals surface area (Å²) in [4.78, 5) is 4.71. The molecule has 3 aromatic rings. The van der Waals surface area contributed by atoms with E-state index in [0.29, 0.717) is 0 Å². The fourth-order valence-electron chi connectivity index (χ4n) is 2.50. The van der Waals surface area contributed by atoms with Gasteiger partial charge in [0.05, 0.1) is 16.6 Å². The van der Waals surface area contributed by atoms with Gasteiger partial charge in [0.25, 0.3) is 0 Å². The normalized spacial score (nSPS) is 12.0. The minimum absolute atomic E-state index is 0.495. The predicted octanol–water partition coefficient (Wildman–Crippen LogP) is 3.93. The number of aromatic nitrogens is 2. The molecule has 1 heterocycles. The molecule has 0 aliphatic heterocycles. The van der Waals surface area contributed by atoms with Crippen molar-refractivity contribution in [2.75, 3.05) is 0 Å². The number of para-hydroxylation sites is 2. The molecule has 21 heavy (non-hydrogen) atoms. The number of halogens is 1. The zero-order valence-electron chi connectivity index (χ0n) is 12.2. The lowest BCUT2D eigenvalue weighted by Gasteiger charge is -2.20. The molecule has 0 radical (unpaired) electrons. The van der Waals surface area contributed by atoms with E-state index < -0.39 is 5.54 Å². The van der Waals surface area contributed by atoms with Gasteiger partial charge in [-0.15, -0.1) is 0 Å². The first kappa shape index (κ1) is 14.1. The number of hydrogen-bond acceptors (Lipinski definition) is 2. The molecule has 0 bridgehead atoms. The number of hydrogen-bond donors (Lipinski definition) is 1. The Balaban J connectivity index is 2.13. The standard InChI is InChI=1S/C17H18ClN3/c1-17(2,19)16-20-14-5-3-4-6-15(14)21(16)11-12-7-9-13(18)10-8-12/h3-10H,11,19H2,1-2H3. The van der Waals surface area contributed by atoms with Crippen molar-refractivity contribution in [1.82, 2.24) is 9.55 Å². The highest BCUT2D eigenvalue weighted by atomic mass is 35.5. The summed E-state index contributed by atoms with van der Waals surface area (Å²) in [5, 5.41) is 0.744. The highest BCUT2D eigenvalue weighted by molar-refractivity contribution is 6.30. The zero-order chi connectivity index (χ0) is 15.0. The molecule has 0 spiro atoms. The van der Waals surface area contributed by atoms with Crippen molar-refractivity contribution in [3.8, 4) is 0 Å². The Labute approximate surface area is 129 Å². The van der Waals surface area contributed by atoms with Crippen molar-refractivity contribution in [1.29, 1.82) is 0 Å². The van der Waals surface area contributed by atoms with Gasteiger partial charge in [-0.1, -0.05) is 35.9 Å². The fourth-order valence-corrected chi connectivity index (χ4v) is 2.63. The Hall–Kier alpha value is -1.84. The van der Waals surface area contributed by atoms with E-state index in [1.165, 1.54) is 5.56 Å². The topological polar surface area (TPSA) is 43.8 Å². The maximum Gasteiger partial charge on any atom is 0.129 e. The van der Waals surface area contributed by atoms with Crippen molar-refractivity contribution < 1.29 is 0 Å². The Morgan fingerprint density at radius 1 is 1.10 bits per heavy atom. The lowest BCUT2D eigenvalue weighted by molar-refractivity contribution is 0.489. The van der Waals surface area contributed by atoms with E-state index in [1.807, 2.05) is 56.3 Å². The van der Waals surface area contributed by atoms with E-state index in [1.54, 1.807) is 0 Å². The van der Waals surface area contributed by atoms with E-state index >= 15 is 0 Å². The van der Waals surface area contributed by atoms with Crippen LogP contribution < -0.4 is 5.73 Å². The van der Waals surface area contributed by atoms with E-state index in [2.05, 4.69) is 10.6 Å². The first-order chi connectivity index (χ1) is 9.95. The van der Waals surface area contributed by atoms with Crippen molar-refractivity contribution >= 4 is 22.6 Å². The molecule has 2 N–H and O–H groups in total. The summed E-state index contributed by atoms with van der Waals surface area (Å²) in [7, 11) is 0. The summed E-state index contributed by atoms with van der Waals surface area (Å²) in [6.07, 6.45) is 0. The summed E-state index contributed by atoms with van der Waals surface area (Å²) < 4.78 is 2.18. The van der Waals surface area contributed by atoms with Gasteiger partial charge in [-0.05, 0) is 43.7 Å². The van der Waals surface area contributed by atoms with Crippen molar-refractivity contribution in [2.24, 2.45) is 5.73 Å². The second kappa shape index (κ2) is 5.17. The molecule has 0 atom stereocenters. The van der Waals surface area contributed by atoms with Gasteiger partial charge in [0.1, 0.15) is 5.82 Å². The van der Waals surface area contributed by atoms with Gasteiger partial charge >= 0.3 is 0 Å². The highest BCUT2D eigenvalue weighted by Crippen LogP contribution is 2.24. The van der Waals surface area contributed by atoms with Crippen molar-refractivity contribution in [3.63, 3.8) is 0 Å². The lowest BCUT2D eigenvalue weighted by Crippen LogP contribution is -2.32. The van der Waals surface area contributed by atoms with Crippen LogP contribution in [-0.4, -0.2) is 9.55 Å². The van der Waals surface area contributed by atoms with Crippen LogP contribution in [0.2, 0.25) is 5.02 Å². The fraction of sp³-hybridized carbons (Fsp3) is 0.235. The Morgan fingerprint density at radius 3 is 2.43 bits per heavy atom. The summed E-state index contributed by atoms with van der Waals surface area (Å²) in [5.74, 6) is 0.888. The average Bonchev–Trinajstić information content (AvgIpc) is 2.81. The zero-order valence-corrected chi connectivity index (χ0v) is 12.9. The van der Waals surface area contributed by atoms with Crippen LogP contribution in [0.25, 0.3) is 11.0 Å². The molecule has 0 saturated heterocycles. The van der Waals surface area contributed by atoms with Crippen LogP contribution in [0.5, 0.6) is 0 Å². The quantitative estimate of drug-likeness (QED) is 0.796. The third kappa shape index (κ3) is 2.80. The van der Waals surface area contributed by atoms with Crippen LogP contribution >= 0.6 is 11.6 Å². The van der Waals surface area contributed by atoms with Crippen LogP contribution in [-0.2, 0) is 12.1 Å². The van der Waals surface area contributed by atoms with Crippen LogP contribution in [0.15, 0.2) is 48.5 Å². The van der Waals surface area contributed by atoms with Crippen LogP contribution in [0, 0.1) is 0 Å². The first-order valence-corrected chi connectivity index (χ1v) is 7.32. The van der Waals surface area contributed by atoms with Gasteiger partial charge in [-0.3, -0.25) is 0 Å². The average molecular weight is 300 g/mol. The minimum Gasteiger partial charge on any atom is -0.322 e. The predicted molar refractivity (Wildman–Crippen MR) is 87.5 cm³/mol. The molecule has 3 rings (SSSR count). The van der Waals surface area contributed by atoms with Crippen LogP contribution in [0.3, 0.4) is 0 Å². The van der Waals surface area contributed by atoms with Gasteiger partial charge in [-0.25, -0.2) is 4.98 Å². The maximum absolute atomic E-state index is 6.29.